The van der Waals surface area contributed by atoms with Crippen LogP contribution in [0.3, 0.4) is 0 Å². The van der Waals surface area contributed by atoms with Crippen molar-refractivity contribution >= 4 is 10.1 Å². The molecule has 4 nitrogen and oxygen atoms in total. The van der Waals surface area contributed by atoms with E-state index in [-0.39, 0.29) is 10.8 Å². The zero-order chi connectivity index (χ0) is 28.8. The maximum atomic E-state index is 11.6. The van der Waals surface area contributed by atoms with Crippen molar-refractivity contribution in [3.05, 3.63) is 23.3 Å². The lowest BCUT2D eigenvalue weighted by molar-refractivity contribution is 0.300. The fourth-order valence-electron chi connectivity index (χ4n) is 5.42. The quantitative estimate of drug-likeness (QED) is 0.0894. The zero-order valence-corrected chi connectivity index (χ0v) is 26.9. The Bertz CT molecular complexity index is 832. The van der Waals surface area contributed by atoms with Crippen LogP contribution in [0.1, 0.15) is 179 Å². The van der Waals surface area contributed by atoms with Gasteiger partial charge in [-0.3, -0.25) is 4.55 Å². The predicted octanol–water partition coefficient (Wildman–Crippen LogP) is 11.3. The van der Waals surface area contributed by atoms with Crippen LogP contribution in [-0.2, 0) is 10.1 Å². The fourth-order valence-corrected chi connectivity index (χ4v) is 6.17. The normalized spacial score (nSPS) is 11.9. The van der Waals surface area contributed by atoms with Crippen molar-refractivity contribution in [3.8, 4) is 5.75 Å². The molecule has 0 saturated heterocycles. The van der Waals surface area contributed by atoms with Crippen LogP contribution in [0.5, 0.6) is 5.75 Å². The zero-order valence-electron chi connectivity index (χ0n) is 26.1. The number of hydrogen-bond donors (Lipinski definition) is 1. The van der Waals surface area contributed by atoms with Crippen LogP contribution in [-0.4, -0.2) is 19.6 Å². The Labute approximate surface area is 242 Å². The molecule has 39 heavy (non-hydrogen) atoms. The summed E-state index contributed by atoms with van der Waals surface area (Å²) in [5.74, 6) is 0.851. The molecule has 0 fully saturated rings. The van der Waals surface area contributed by atoms with Gasteiger partial charge >= 0.3 is 0 Å². The van der Waals surface area contributed by atoms with Gasteiger partial charge in [0.1, 0.15) is 5.75 Å². The summed E-state index contributed by atoms with van der Waals surface area (Å²) in [6, 6.07) is 3.31. The van der Waals surface area contributed by atoms with E-state index in [2.05, 4.69) is 6.92 Å². The monoisotopic (exact) mass is 566 g/mol. The van der Waals surface area contributed by atoms with Gasteiger partial charge < -0.3 is 4.74 Å². The number of ether oxygens (including phenoxy) is 1. The van der Waals surface area contributed by atoms with Gasteiger partial charge in [-0.2, -0.15) is 8.42 Å². The fraction of sp³-hybridized carbons (Fsp3) is 0.824. The Morgan fingerprint density at radius 2 is 1.00 bits per heavy atom. The van der Waals surface area contributed by atoms with Crippen LogP contribution < -0.4 is 4.74 Å². The van der Waals surface area contributed by atoms with Crippen LogP contribution in [0, 0.1) is 6.92 Å². The van der Waals surface area contributed by atoms with Gasteiger partial charge in [-0.05, 0) is 42.5 Å². The van der Waals surface area contributed by atoms with Gasteiger partial charge in [0.25, 0.3) is 10.1 Å². The van der Waals surface area contributed by atoms with Gasteiger partial charge in [-0.15, -0.1) is 0 Å². The molecule has 0 radical (unpaired) electrons. The minimum absolute atomic E-state index is 0.0251. The van der Waals surface area contributed by atoms with Crippen molar-refractivity contribution in [1.82, 2.24) is 0 Å². The number of aryl methyl sites for hydroxylation is 1. The van der Waals surface area contributed by atoms with E-state index >= 15 is 0 Å². The summed E-state index contributed by atoms with van der Waals surface area (Å²) in [6.45, 7) is 8.63. The third-order valence-electron chi connectivity index (χ3n) is 7.96. The van der Waals surface area contributed by atoms with E-state index in [4.69, 9.17) is 4.74 Å². The number of hydrogen-bond acceptors (Lipinski definition) is 3. The van der Waals surface area contributed by atoms with Gasteiger partial charge in [0.15, 0.2) is 0 Å². The summed E-state index contributed by atoms with van der Waals surface area (Å²) in [4.78, 5) is -0.0251. The molecule has 0 unspecified atom stereocenters. The molecule has 0 bridgehead atoms. The van der Waals surface area contributed by atoms with Crippen molar-refractivity contribution in [2.24, 2.45) is 0 Å². The maximum absolute atomic E-state index is 11.6. The summed E-state index contributed by atoms with van der Waals surface area (Å²) in [5, 5.41) is 0. The number of unbranched alkanes of at least 4 members (excludes halogenated alkanes) is 21. The molecule has 5 heteroatoms. The van der Waals surface area contributed by atoms with Crippen molar-refractivity contribution in [1.29, 1.82) is 0 Å². The molecule has 0 aliphatic rings. The summed E-state index contributed by atoms with van der Waals surface area (Å²) in [7, 11) is -4.22. The molecule has 0 spiro atoms. The van der Waals surface area contributed by atoms with E-state index in [1.54, 1.807) is 19.1 Å². The van der Waals surface area contributed by atoms with Crippen molar-refractivity contribution in [2.75, 3.05) is 6.61 Å². The van der Waals surface area contributed by atoms with E-state index in [9.17, 15) is 13.0 Å². The van der Waals surface area contributed by atoms with Crippen molar-refractivity contribution in [2.45, 2.75) is 180 Å². The lowest BCUT2D eigenvalue weighted by Gasteiger charge is -2.17. The number of benzene rings is 1. The average Bonchev–Trinajstić information content (AvgIpc) is 2.88. The van der Waals surface area contributed by atoms with E-state index in [1.807, 2.05) is 13.8 Å². The Morgan fingerprint density at radius 3 is 1.33 bits per heavy atom. The summed E-state index contributed by atoms with van der Waals surface area (Å²) in [6.07, 6.45) is 30.3. The smallest absolute Gasteiger partial charge is 0.294 e. The first kappa shape index (κ1) is 36.0. The van der Waals surface area contributed by atoms with Crippen LogP contribution >= 0.6 is 0 Å². The molecule has 0 saturated carbocycles. The van der Waals surface area contributed by atoms with Crippen LogP contribution in [0.4, 0.5) is 0 Å². The second-order valence-corrected chi connectivity index (χ2v) is 13.4. The largest absolute Gasteiger partial charge is 0.493 e. The third kappa shape index (κ3) is 18.1. The van der Waals surface area contributed by atoms with E-state index in [0.29, 0.717) is 12.2 Å². The Morgan fingerprint density at radius 1 is 0.641 bits per heavy atom. The summed E-state index contributed by atoms with van der Waals surface area (Å²) in [5.41, 5.74) is 1.35. The third-order valence-corrected chi connectivity index (χ3v) is 8.96. The second kappa shape index (κ2) is 22.6. The van der Waals surface area contributed by atoms with Gasteiger partial charge in [0, 0.05) is 0 Å². The van der Waals surface area contributed by atoms with E-state index in [1.165, 1.54) is 128 Å². The Balaban J connectivity index is 1.93. The molecule has 0 atom stereocenters. The molecule has 1 aromatic rings. The molecule has 0 heterocycles. The highest BCUT2D eigenvalue weighted by atomic mass is 32.2. The Hall–Kier alpha value is -1.07. The minimum Gasteiger partial charge on any atom is -0.493 e. The SMILES string of the molecule is CCCCCCCCCCCCCCCCCCCCCCCCOc1cc(C)c(S(=O)(=O)O)cc1C(C)C. The van der Waals surface area contributed by atoms with Gasteiger partial charge in [0.05, 0.1) is 11.5 Å². The van der Waals surface area contributed by atoms with Crippen LogP contribution in [0.25, 0.3) is 0 Å². The Kier molecular flexibility index (Phi) is 20.8. The van der Waals surface area contributed by atoms with Crippen LogP contribution in [0.2, 0.25) is 0 Å². The molecule has 0 amide bonds. The molecule has 228 valence electrons. The first-order valence-electron chi connectivity index (χ1n) is 16.5. The molecule has 0 aliphatic carbocycles. The molecular weight excluding hydrogens is 504 g/mol. The summed E-state index contributed by atoms with van der Waals surface area (Å²) < 4.78 is 38.7. The molecule has 0 aromatic heterocycles. The van der Waals surface area contributed by atoms with Crippen molar-refractivity contribution in [3.63, 3.8) is 0 Å². The van der Waals surface area contributed by atoms with E-state index < -0.39 is 10.1 Å². The molecule has 1 aromatic carbocycles. The van der Waals surface area contributed by atoms with E-state index in [0.717, 1.165) is 24.2 Å². The lowest BCUT2D eigenvalue weighted by Crippen LogP contribution is -2.07. The highest BCUT2D eigenvalue weighted by Crippen LogP contribution is 2.32. The average molecular weight is 567 g/mol. The molecule has 1 N–H and O–H groups in total. The number of rotatable bonds is 26. The first-order chi connectivity index (χ1) is 18.8. The second-order valence-electron chi connectivity index (χ2n) is 12.1. The molecule has 1 rings (SSSR count). The first-order valence-corrected chi connectivity index (χ1v) is 18.0. The van der Waals surface area contributed by atoms with Crippen molar-refractivity contribution < 1.29 is 17.7 Å². The molecular formula is C34H62O4S. The standard InChI is InChI=1S/C34H62O4S/c1-5-6-7-8-9-10-11-12-13-14-15-16-17-18-19-20-21-22-23-24-25-26-27-38-33-28-31(4)34(39(35,36)37)29-32(33)30(2)3/h28-30H,5-27H2,1-4H3,(H,35,36,37). The van der Waals surface area contributed by atoms with Gasteiger partial charge in [-0.1, -0.05) is 156 Å². The highest BCUT2D eigenvalue weighted by molar-refractivity contribution is 7.85. The predicted molar refractivity (Wildman–Crippen MR) is 168 cm³/mol. The molecule has 0 aliphatic heterocycles. The highest BCUT2D eigenvalue weighted by Gasteiger charge is 2.19. The maximum Gasteiger partial charge on any atom is 0.294 e. The van der Waals surface area contributed by atoms with Gasteiger partial charge in [-0.25, -0.2) is 0 Å². The lowest BCUT2D eigenvalue weighted by atomic mass is 10.0. The van der Waals surface area contributed by atoms with Gasteiger partial charge in [0.2, 0.25) is 0 Å². The minimum atomic E-state index is -4.22. The topological polar surface area (TPSA) is 63.6 Å². The summed E-state index contributed by atoms with van der Waals surface area (Å²) >= 11 is 0. The van der Waals surface area contributed by atoms with Crippen LogP contribution in [0.15, 0.2) is 17.0 Å².